The highest BCUT2D eigenvalue weighted by Crippen LogP contribution is 2.42. The first-order valence-electron chi connectivity index (χ1n) is 9.07. The van der Waals surface area contributed by atoms with Crippen molar-refractivity contribution in [3.05, 3.63) is 48.5 Å². The first-order chi connectivity index (χ1) is 13.0. The number of benzene rings is 2. The molecule has 1 aliphatic carbocycles. The van der Waals surface area contributed by atoms with Crippen LogP contribution in [0.1, 0.15) is 32.6 Å². The molecule has 1 N–H and O–H groups in total. The molecule has 1 fully saturated rings. The number of para-hydroxylation sites is 1. The van der Waals surface area contributed by atoms with Gasteiger partial charge < -0.3 is 5.32 Å². The SMILES string of the molecule is CC(=O)Nc1ccc2c(c1)S(=O)(=O)N=C(C1CCCC1)N2c1ccccc1. The minimum atomic E-state index is -3.83. The standard InChI is InChI=1S/C20H21N3O3S/c1-14(24)21-16-11-12-18-19(13-16)27(25,26)22-20(15-7-5-6-8-15)23(18)17-9-3-2-4-10-17/h2-4,9-13,15H,5-8H2,1H3,(H,21,24). The maximum atomic E-state index is 12.9. The molecule has 140 valence electrons. The van der Waals surface area contributed by atoms with Gasteiger partial charge in [0.05, 0.1) is 5.69 Å². The van der Waals surface area contributed by atoms with Crippen LogP contribution in [0.3, 0.4) is 0 Å². The highest BCUT2D eigenvalue weighted by Gasteiger charge is 2.36. The van der Waals surface area contributed by atoms with Crippen LogP contribution in [0.5, 0.6) is 0 Å². The molecule has 0 aromatic heterocycles. The number of fused-ring (bicyclic) bond motifs is 1. The molecule has 0 saturated heterocycles. The molecule has 0 bridgehead atoms. The average Bonchev–Trinajstić information content (AvgIpc) is 3.16. The number of carbonyl (C=O) groups is 1. The summed E-state index contributed by atoms with van der Waals surface area (Å²) < 4.78 is 30.1. The molecule has 1 aliphatic heterocycles. The van der Waals surface area contributed by atoms with Gasteiger partial charge in [-0.15, -0.1) is 4.40 Å². The van der Waals surface area contributed by atoms with E-state index in [1.165, 1.54) is 13.0 Å². The van der Waals surface area contributed by atoms with Gasteiger partial charge in [-0.05, 0) is 43.2 Å². The Morgan fingerprint density at radius 2 is 1.81 bits per heavy atom. The van der Waals surface area contributed by atoms with Gasteiger partial charge in [-0.3, -0.25) is 9.69 Å². The largest absolute Gasteiger partial charge is 0.326 e. The maximum absolute atomic E-state index is 12.9. The highest BCUT2D eigenvalue weighted by molar-refractivity contribution is 7.90. The van der Waals surface area contributed by atoms with Crippen LogP contribution in [0.15, 0.2) is 57.8 Å². The Labute approximate surface area is 159 Å². The van der Waals surface area contributed by atoms with Crippen molar-refractivity contribution in [3.63, 3.8) is 0 Å². The minimum Gasteiger partial charge on any atom is -0.326 e. The number of nitrogens with one attached hydrogen (secondary N) is 1. The van der Waals surface area contributed by atoms with Gasteiger partial charge in [0.1, 0.15) is 10.7 Å². The average molecular weight is 383 g/mol. The van der Waals surface area contributed by atoms with Gasteiger partial charge in [-0.2, -0.15) is 8.42 Å². The van der Waals surface area contributed by atoms with E-state index in [2.05, 4.69) is 9.71 Å². The lowest BCUT2D eigenvalue weighted by molar-refractivity contribution is -0.114. The summed E-state index contributed by atoms with van der Waals surface area (Å²) in [4.78, 5) is 13.4. The van der Waals surface area contributed by atoms with E-state index in [-0.39, 0.29) is 16.7 Å². The molecule has 0 atom stereocenters. The smallest absolute Gasteiger partial charge is 0.286 e. The van der Waals surface area contributed by atoms with Gasteiger partial charge in [-0.1, -0.05) is 31.0 Å². The van der Waals surface area contributed by atoms with Crippen LogP contribution in [0.25, 0.3) is 0 Å². The third-order valence-corrected chi connectivity index (χ3v) is 6.29. The summed E-state index contributed by atoms with van der Waals surface area (Å²) in [5.74, 6) is 0.472. The second-order valence-electron chi connectivity index (χ2n) is 6.94. The summed E-state index contributed by atoms with van der Waals surface area (Å²) >= 11 is 0. The van der Waals surface area contributed by atoms with Crippen molar-refractivity contribution in [2.45, 2.75) is 37.5 Å². The molecule has 7 heteroatoms. The van der Waals surface area contributed by atoms with Gasteiger partial charge in [0, 0.05) is 24.2 Å². The molecule has 2 aromatic carbocycles. The molecule has 1 saturated carbocycles. The van der Waals surface area contributed by atoms with E-state index < -0.39 is 10.0 Å². The van der Waals surface area contributed by atoms with Crippen LogP contribution in [-0.2, 0) is 14.8 Å². The van der Waals surface area contributed by atoms with Gasteiger partial charge in [0.2, 0.25) is 5.91 Å². The molecular formula is C20H21N3O3S. The second-order valence-corrected chi connectivity index (χ2v) is 8.51. The van der Waals surface area contributed by atoms with Crippen molar-refractivity contribution in [3.8, 4) is 0 Å². The molecule has 4 rings (SSSR count). The molecule has 2 aliphatic rings. The fraction of sp³-hybridized carbons (Fsp3) is 0.300. The van der Waals surface area contributed by atoms with Crippen molar-refractivity contribution in [2.24, 2.45) is 10.3 Å². The first-order valence-corrected chi connectivity index (χ1v) is 10.5. The van der Waals surface area contributed by atoms with Gasteiger partial charge in [0.25, 0.3) is 10.0 Å². The number of hydrogen-bond acceptors (Lipinski definition) is 4. The zero-order chi connectivity index (χ0) is 19.0. The lowest BCUT2D eigenvalue weighted by atomic mass is 10.0. The van der Waals surface area contributed by atoms with E-state index in [9.17, 15) is 13.2 Å². The third-order valence-electron chi connectivity index (χ3n) is 4.98. The zero-order valence-corrected chi connectivity index (χ0v) is 15.9. The Hall–Kier alpha value is -2.67. The Kier molecular flexibility index (Phi) is 4.47. The fourth-order valence-corrected chi connectivity index (χ4v) is 5.09. The van der Waals surface area contributed by atoms with Crippen molar-refractivity contribution in [1.82, 2.24) is 0 Å². The van der Waals surface area contributed by atoms with Gasteiger partial charge in [-0.25, -0.2) is 0 Å². The summed E-state index contributed by atoms with van der Waals surface area (Å²) in [6.07, 6.45) is 4.05. The Bertz CT molecular complexity index is 1010. The number of rotatable bonds is 3. The number of nitrogens with zero attached hydrogens (tertiary/aromatic N) is 2. The van der Waals surface area contributed by atoms with Crippen LogP contribution in [0.2, 0.25) is 0 Å². The Morgan fingerprint density at radius 3 is 2.48 bits per heavy atom. The lowest BCUT2D eigenvalue weighted by Crippen LogP contribution is -2.36. The number of sulfonamides is 1. The summed E-state index contributed by atoms with van der Waals surface area (Å²) in [6.45, 7) is 1.39. The normalized spacial score (nSPS) is 18.7. The van der Waals surface area contributed by atoms with Gasteiger partial charge >= 0.3 is 0 Å². The molecule has 0 unspecified atom stereocenters. The van der Waals surface area contributed by atoms with E-state index in [4.69, 9.17) is 0 Å². The van der Waals surface area contributed by atoms with Crippen LogP contribution in [0.4, 0.5) is 17.1 Å². The topological polar surface area (TPSA) is 78.8 Å². The van der Waals surface area contributed by atoms with Crippen molar-refractivity contribution < 1.29 is 13.2 Å². The highest BCUT2D eigenvalue weighted by atomic mass is 32.2. The maximum Gasteiger partial charge on any atom is 0.286 e. The minimum absolute atomic E-state index is 0.111. The second kappa shape index (κ2) is 6.81. The number of amidine groups is 1. The van der Waals surface area contributed by atoms with Crippen LogP contribution >= 0.6 is 0 Å². The molecule has 27 heavy (non-hydrogen) atoms. The lowest BCUT2D eigenvalue weighted by Gasteiger charge is -2.33. The van der Waals surface area contributed by atoms with E-state index >= 15 is 0 Å². The van der Waals surface area contributed by atoms with E-state index in [1.807, 2.05) is 35.2 Å². The summed E-state index contributed by atoms with van der Waals surface area (Å²) in [5, 5.41) is 2.64. The monoisotopic (exact) mass is 383 g/mol. The fourth-order valence-electron chi connectivity index (χ4n) is 3.81. The molecule has 0 radical (unpaired) electrons. The predicted octanol–water partition coefficient (Wildman–Crippen LogP) is 4.07. The number of hydrogen-bond donors (Lipinski definition) is 1. The molecular weight excluding hydrogens is 362 g/mol. The molecule has 6 nitrogen and oxygen atoms in total. The molecule has 2 aromatic rings. The third kappa shape index (κ3) is 3.35. The van der Waals surface area contributed by atoms with Crippen LogP contribution in [-0.4, -0.2) is 20.2 Å². The summed E-state index contributed by atoms with van der Waals surface area (Å²) in [7, 11) is -3.83. The summed E-state index contributed by atoms with van der Waals surface area (Å²) in [6, 6.07) is 14.6. The molecule has 1 amide bonds. The number of carbonyl (C=O) groups excluding carboxylic acids is 1. The quantitative estimate of drug-likeness (QED) is 0.866. The predicted molar refractivity (Wildman–Crippen MR) is 106 cm³/mol. The molecule has 1 heterocycles. The number of amides is 1. The Balaban J connectivity index is 1.90. The van der Waals surface area contributed by atoms with Crippen LogP contribution in [0, 0.1) is 5.92 Å². The van der Waals surface area contributed by atoms with E-state index in [0.29, 0.717) is 17.2 Å². The zero-order valence-electron chi connectivity index (χ0n) is 15.1. The Morgan fingerprint density at radius 1 is 1.11 bits per heavy atom. The van der Waals surface area contributed by atoms with Gasteiger partial charge in [0.15, 0.2) is 0 Å². The molecule has 0 spiro atoms. The van der Waals surface area contributed by atoms with E-state index in [1.54, 1.807) is 12.1 Å². The number of anilines is 3. The summed E-state index contributed by atoms with van der Waals surface area (Å²) in [5.41, 5.74) is 1.90. The van der Waals surface area contributed by atoms with Crippen LogP contribution < -0.4 is 10.2 Å². The first kappa shape index (κ1) is 17.7. The van der Waals surface area contributed by atoms with E-state index in [0.717, 1.165) is 31.4 Å². The van der Waals surface area contributed by atoms with Crippen molar-refractivity contribution in [1.29, 1.82) is 0 Å². The van der Waals surface area contributed by atoms with Crippen molar-refractivity contribution >= 4 is 38.8 Å². The van der Waals surface area contributed by atoms with Crippen molar-refractivity contribution in [2.75, 3.05) is 10.2 Å².